The number of aromatic nitrogens is 3. The minimum absolute atomic E-state index is 0.0422. The molecule has 0 spiro atoms. The van der Waals surface area contributed by atoms with Crippen LogP contribution in [0.2, 0.25) is 0 Å². The summed E-state index contributed by atoms with van der Waals surface area (Å²) in [6.07, 6.45) is 2.19. The first-order chi connectivity index (χ1) is 12.8. The topological polar surface area (TPSA) is 114 Å². The van der Waals surface area contributed by atoms with E-state index in [4.69, 9.17) is 14.6 Å². The van der Waals surface area contributed by atoms with Crippen molar-refractivity contribution in [3.05, 3.63) is 11.9 Å². The lowest BCUT2D eigenvalue weighted by Gasteiger charge is -2.31. The molecule has 10 heteroatoms. The van der Waals surface area contributed by atoms with Crippen molar-refractivity contribution in [2.75, 3.05) is 59.2 Å². The molecular formula is C16H28N6O4. The van der Waals surface area contributed by atoms with Gasteiger partial charge in [-0.3, -0.25) is 14.4 Å². The maximum atomic E-state index is 12.4. The van der Waals surface area contributed by atoms with Gasteiger partial charge in [-0.25, -0.2) is 0 Å². The highest BCUT2D eigenvalue weighted by atomic mass is 16.5. The number of rotatable bonds is 8. The molecule has 3 heterocycles. The summed E-state index contributed by atoms with van der Waals surface area (Å²) >= 11 is 0. The van der Waals surface area contributed by atoms with Gasteiger partial charge in [-0.05, 0) is 6.42 Å². The van der Waals surface area contributed by atoms with Gasteiger partial charge < -0.3 is 25.2 Å². The Bertz CT molecular complexity index is 563. The molecule has 0 unspecified atom stereocenters. The minimum atomic E-state index is -0.286. The van der Waals surface area contributed by atoms with Gasteiger partial charge in [0.1, 0.15) is 0 Å². The Labute approximate surface area is 152 Å². The first-order valence-corrected chi connectivity index (χ1v) is 9.20. The van der Waals surface area contributed by atoms with Crippen LogP contribution in [-0.2, 0) is 16.0 Å². The molecule has 0 radical (unpaired) electrons. The van der Waals surface area contributed by atoms with Crippen LogP contribution < -0.4 is 10.6 Å². The third kappa shape index (κ3) is 5.45. The lowest BCUT2D eigenvalue weighted by atomic mass is 10.1. The van der Waals surface area contributed by atoms with E-state index in [2.05, 4.69) is 25.8 Å². The molecule has 2 atom stereocenters. The highest BCUT2D eigenvalue weighted by Gasteiger charge is 2.28. The highest BCUT2D eigenvalue weighted by molar-refractivity contribution is 5.92. The van der Waals surface area contributed by atoms with Crippen LogP contribution in [0.3, 0.4) is 0 Å². The highest BCUT2D eigenvalue weighted by Crippen LogP contribution is 2.12. The molecule has 2 fully saturated rings. The number of aliphatic hydroxyl groups is 1. The third-order valence-electron chi connectivity index (χ3n) is 4.66. The average Bonchev–Trinajstić information content (AvgIpc) is 3.16. The van der Waals surface area contributed by atoms with Gasteiger partial charge in [0.2, 0.25) is 0 Å². The van der Waals surface area contributed by atoms with Crippen molar-refractivity contribution in [1.82, 2.24) is 30.5 Å². The van der Waals surface area contributed by atoms with E-state index in [9.17, 15) is 4.79 Å². The van der Waals surface area contributed by atoms with Crippen molar-refractivity contribution < 1.29 is 19.4 Å². The second kappa shape index (κ2) is 9.93. The number of hydrogen-bond donors (Lipinski definition) is 3. The standard InChI is InChI=1S/C16H28N6O4/c23-8-10-26-15-1-9-25-12-14(15)18-16(24)13-11-22(20-19-13)7-6-21-4-2-17-3-5-21/h11,14-15,17,23H,1-10,12H2,(H,18,24)/t14-,15+/m0/s1. The Balaban J connectivity index is 1.48. The zero-order valence-corrected chi connectivity index (χ0v) is 15.0. The second-order valence-corrected chi connectivity index (χ2v) is 6.53. The zero-order chi connectivity index (χ0) is 18.2. The number of hydrogen-bond acceptors (Lipinski definition) is 8. The van der Waals surface area contributed by atoms with Crippen LogP contribution in [0.5, 0.6) is 0 Å². The molecule has 10 nitrogen and oxygen atoms in total. The summed E-state index contributed by atoms with van der Waals surface area (Å²) in [6.45, 7) is 6.84. The number of aliphatic hydroxyl groups excluding tert-OH is 1. The van der Waals surface area contributed by atoms with E-state index in [1.165, 1.54) is 0 Å². The molecule has 1 aromatic rings. The zero-order valence-electron chi connectivity index (χ0n) is 15.0. The van der Waals surface area contributed by atoms with Crippen LogP contribution in [0.1, 0.15) is 16.9 Å². The molecule has 2 aliphatic rings. The number of ether oxygens (including phenoxy) is 2. The van der Waals surface area contributed by atoms with Crippen molar-refractivity contribution in [3.63, 3.8) is 0 Å². The van der Waals surface area contributed by atoms with E-state index in [-0.39, 0.29) is 37.0 Å². The molecule has 0 aliphatic carbocycles. The van der Waals surface area contributed by atoms with E-state index in [1.807, 2.05) is 0 Å². The average molecular weight is 368 g/mol. The van der Waals surface area contributed by atoms with E-state index < -0.39 is 0 Å². The number of carbonyl (C=O) groups excluding carboxylic acids is 1. The number of amides is 1. The summed E-state index contributed by atoms with van der Waals surface area (Å²) in [5, 5.41) is 23.2. The van der Waals surface area contributed by atoms with Gasteiger partial charge in [0.05, 0.1) is 44.7 Å². The van der Waals surface area contributed by atoms with E-state index in [0.29, 0.717) is 26.2 Å². The first-order valence-electron chi connectivity index (χ1n) is 9.20. The Hall–Kier alpha value is -1.59. The molecule has 3 rings (SSSR count). The van der Waals surface area contributed by atoms with Crippen molar-refractivity contribution in [1.29, 1.82) is 0 Å². The number of nitrogens with one attached hydrogen (secondary N) is 2. The fraction of sp³-hybridized carbons (Fsp3) is 0.812. The fourth-order valence-corrected chi connectivity index (χ4v) is 3.19. The van der Waals surface area contributed by atoms with Crippen LogP contribution in [0, 0.1) is 0 Å². The van der Waals surface area contributed by atoms with Crippen LogP contribution in [0.25, 0.3) is 0 Å². The lowest BCUT2D eigenvalue weighted by molar-refractivity contribution is -0.0612. The van der Waals surface area contributed by atoms with Crippen molar-refractivity contribution >= 4 is 5.91 Å². The van der Waals surface area contributed by atoms with Crippen molar-refractivity contribution in [3.8, 4) is 0 Å². The molecule has 1 aromatic heterocycles. The number of piperazine rings is 1. The molecule has 2 aliphatic heterocycles. The number of nitrogens with zero attached hydrogens (tertiary/aromatic N) is 4. The predicted molar refractivity (Wildman–Crippen MR) is 92.8 cm³/mol. The second-order valence-electron chi connectivity index (χ2n) is 6.53. The normalized spacial score (nSPS) is 24.5. The Morgan fingerprint density at radius 2 is 2.27 bits per heavy atom. The lowest BCUT2D eigenvalue weighted by Crippen LogP contribution is -2.50. The maximum Gasteiger partial charge on any atom is 0.273 e. The predicted octanol–water partition coefficient (Wildman–Crippen LogP) is -1.92. The number of carbonyl (C=O) groups is 1. The van der Waals surface area contributed by atoms with Gasteiger partial charge in [0.25, 0.3) is 5.91 Å². The van der Waals surface area contributed by atoms with Gasteiger partial charge in [0.15, 0.2) is 5.69 Å². The van der Waals surface area contributed by atoms with Gasteiger partial charge in [-0.15, -0.1) is 5.10 Å². The van der Waals surface area contributed by atoms with Crippen LogP contribution >= 0.6 is 0 Å². The Morgan fingerprint density at radius 3 is 3.08 bits per heavy atom. The van der Waals surface area contributed by atoms with Gasteiger partial charge >= 0.3 is 0 Å². The molecule has 3 N–H and O–H groups in total. The quantitative estimate of drug-likeness (QED) is 0.487. The molecular weight excluding hydrogens is 340 g/mol. The monoisotopic (exact) mass is 368 g/mol. The summed E-state index contributed by atoms with van der Waals surface area (Å²) in [5.74, 6) is -0.286. The smallest absolute Gasteiger partial charge is 0.273 e. The van der Waals surface area contributed by atoms with Gasteiger partial charge in [-0.1, -0.05) is 5.21 Å². The van der Waals surface area contributed by atoms with E-state index >= 15 is 0 Å². The van der Waals surface area contributed by atoms with E-state index in [0.717, 1.165) is 32.7 Å². The Morgan fingerprint density at radius 1 is 1.42 bits per heavy atom. The molecule has 0 saturated carbocycles. The SMILES string of the molecule is O=C(N[C@H]1COCC[C@H]1OCCO)c1cn(CCN2CCNCC2)nn1. The first kappa shape index (κ1) is 19.2. The molecule has 0 aromatic carbocycles. The molecule has 26 heavy (non-hydrogen) atoms. The summed E-state index contributed by atoms with van der Waals surface area (Å²) in [5.41, 5.74) is 0.289. The van der Waals surface area contributed by atoms with Crippen LogP contribution in [-0.4, -0.2) is 102 Å². The van der Waals surface area contributed by atoms with Crippen LogP contribution in [0.4, 0.5) is 0 Å². The summed E-state index contributed by atoms with van der Waals surface area (Å²) in [7, 11) is 0. The van der Waals surface area contributed by atoms with Crippen LogP contribution in [0.15, 0.2) is 6.20 Å². The summed E-state index contributed by atoms with van der Waals surface area (Å²) < 4.78 is 12.7. The Kier molecular flexibility index (Phi) is 7.32. The molecule has 0 bridgehead atoms. The van der Waals surface area contributed by atoms with Gasteiger partial charge in [-0.2, -0.15) is 0 Å². The third-order valence-corrected chi connectivity index (χ3v) is 4.66. The summed E-state index contributed by atoms with van der Waals surface area (Å²) in [6, 6.07) is -0.256. The molecule has 2 saturated heterocycles. The summed E-state index contributed by atoms with van der Waals surface area (Å²) in [4.78, 5) is 14.8. The molecule has 146 valence electrons. The fourth-order valence-electron chi connectivity index (χ4n) is 3.19. The van der Waals surface area contributed by atoms with E-state index in [1.54, 1.807) is 10.9 Å². The van der Waals surface area contributed by atoms with Crippen molar-refractivity contribution in [2.45, 2.75) is 25.1 Å². The largest absolute Gasteiger partial charge is 0.394 e. The minimum Gasteiger partial charge on any atom is -0.394 e. The molecule has 1 amide bonds. The van der Waals surface area contributed by atoms with Gasteiger partial charge in [0, 0.05) is 39.3 Å². The maximum absolute atomic E-state index is 12.4. The van der Waals surface area contributed by atoms with Crippen molar-refractivity contribution in [2.24, 2.45) is 0 Å².